The average molecular weight is 374 g/mol. The van der Waals surface area contributed by atoms with E-state index < -0.39 is 11.4 Å². The van der Waals surface area contributed by atoms with Gasteiger partial charge in [0.05, 0.1) is 24.9 Å². The molecule has 26 heavy (non-hydrogen) atoms. The highest BCUT2D eigenvalue weighted by atomic mass is 35.5. The van der Waals surface area contributed by atoms with E-state index >= 15 is 0 Å². The van der Waals surface area contributed by atoms with Gasteiger partial charge in [-0.15, -0.1) is 0 Å². The molecule has 0 spiro atoms. The molecule has 0 aliphatic rings. The molecule has 0 fully saturated rings. The summed E-state index contributed by atoms with van der Waals surface area (Å²) in [5.74, 6) is -0.139. The maximum atomic E-state index is 13.8. The first kappa shape index (κ1) is 17.9. The molecule has 7 heteroatoms. The molecule has 0 unspecified atom stereocenters. The smallest absolute Gasteiger partial charge is 0.316 e. The van der Waals surface area contributed by atoms with Gasteiger partial charge in [0.25, 0.3) is 0 Å². The lowest BCUT2D eigenvalue weighted by atomic mass is 10.2. The van der Waals surface area contributed by atoms with Gasteiger partial charge in [-0.1, -0.05) is 41.9 Å². The molecule has 134 valence electrons. The van der Waals surface area contributed by atoms with E-state index in [2.05, 4.69) is 10.3 Å². The zero-order valence-corrected chi connectivity index (χ0v) is 15.0. The molecule has 0 amide bonds. The van der Waals surface area contributed by atoms with E-state index in [1.54, 1.807) is 17.7 Å². The fraction of sp³-hybridized carbons (Fsp3) is 0.158. The lowest BCUT2D eigenvalue weighted by molar-refractivity contribution is 0.402. The number of rotatable bonds is 5. The first-order chi connectivity index (χ1) is 12.5. The van der Waals surface area contributed by atoms with E-state index in [-0.39, 0.29) is 16.7 Å². The lowest BCUT2D eigenvalue weighted by Gasteiger charge is -2.16. The lowest BCUT2D eigenvalue weighted by Crippen LogP contribution is -2.19. The normalized spacial score (nSPS) is 10.6. The van der Waals surface area contributed by atoms with Crippen molar-refractivity contribution in [2.75, 3.05) is 12.4 Å². The molecule has 0 saturated heterocycles. The Bertz CT molecular complexity index is 990. The van der Waals surface area contributed by atoms with E-state index in [4.69, 9.17) is 16.3 Å². The standard InChI is InChI=1S/C19H17ClFN3O2/c1-12-8-14(20)15(21)9-16(12)22-19-23-18(25)17(26-2)11-24(19)10-13-6-4-3-5-7-13/h3-9,11H,10H2,1-2H3,(H,22,23,25). The van der Waals surface area contributed by atoms with Crippen molar-refractivity contribution >= 4 is 23.2 Å². The summed E-state index contributed by atoms with van der Waals surface area (Å²) >= 11 is 5.80. The van der Waals surface area contributed by atoms with Crippen molar-refractivity contribution in [3.8, 4) is 5.75 Å². The van der Waals surface area contributed by atoms with Crippen molar-refractivity contribution in [1.29, 1.82) is 0 Å². The number of nitrogens with one attached hydrogen (secondary N) is 1. The number of methoxy groups -OCH3 is 1. The van der Waals surface area contributed by atoms with Gasteiger partial charge in [0.1, 0.15) is 5.82 Å². The summed E-state index contributed by atoms with van der Waals surface area (Å²) in [6.07, 6.45) is 1.58. The molecular formula is C19H17ClFN3O2. The van der Waals surface area contributed by atoms with Crippen LogP contribution in [0.2, 0.25) is 5.02 Å². The van der Waals surface area contributed by atoms with E-state index in [1.807, 2.05) is 30.3 Å². The molecule has 1 aromatic heterocycles. The third kappa shape index (κ3) is 3.86. The first-order valence-corrected chi connectivity index (χ1v) is 8.28. The number of ether oxygens (including phenoxy) is 1. The predicted octanol–water partition coefficient (Wildman–Crippen LogP) is 4.14. The number of anilines is 2. The number of hydrogen-bond donors (Lipinski definition) is 1. The Kier molecular flexibility index (Phi) is 5.23. The average Bonchev–Trinajstić information content (AvgIpc) is 2.62. The fourth-order valence-corrected chi connectivity index (χ4v) is 2.73. The highest BCUT2D eigenvalue weighted by Crippen LogP contribution is 2.26. The predicted molar refractivity (Wildman–Crippen MR) is 100 cm³/mol. The maximum absolute atomic E-state index is 13.8. The Labute approximate surface area is 155 Å². The van der Waals surface area contributed by atoms with Crippen LogP contribution in [0.5, 0.6) is 5.75 Å². The monoisotopic (exact) mass is 373 g/mol. The molecule has 0 aliphatic heterocycles. The van der Waals surface area contributed by atoms with Gasteiger partial charge in [-0.2, -0.15) is 4.98 Å². The molecule has 0 aliphatic carbocycles. The maximum Gasteiger partial charge on any atom is 0.316 e. The number of benzene rings is 2. The van der Waals surface area contributed by atoms with E-state index in [9.17, 15) is 9.18 Å². The summed E-state index contributed by atoms with van der Waals surface area (Å²) < 4.78 is 20.7. The molecule has 1 N–H and O–H groups in total. The SMILES string of the molecule is COc1cn(Cc2ccccc2)c(Nc2cc(F)c(Cl)cc2C)nc1=O. The summed E-state index contributed by atoms with van der Waals surface area (Å²) in [5, 5.41) is 3.06. The van der Waals surface area contributed by atoms with Crippen molar-refractivity contribution in [3.05, 3.63) is 81.0 Å². The molecule has 5 nitrogen and oxygen atoms in total. The van der Waals surface area contributed by atoms with E-state index in [0.29, 0.717) is 12.2 Å². The second kappa shape index (κ2) is 7.58. The molecule has 3 aromatic rings. The van der Waals surface area contributed by atoms with Crippen LogP contribution in [0.15, 0.2) is 53.5 Å². The Hall–Kier alpha value is -2.86. The van der Waals surface area contributed by atoms with Crippen molar-refractivity contribution in [1.82, 2.24) is 9.55 Å². The highest BCUT2D eigenvalue weighted by molar-refractivity contribution is 6.30. The molecule has 0 saturated carbocycles. The minimum absolute atomic E-state index is 0.0393. The minimum atomic E-state index is -0.551. The largest absolute Gasteiger partial charge is 0.490 e. The molecule has 1 heterocycles. The van der Waals surface area contributed by atoms with Crippen LogP contribution in [-0.2, 0) is 6.54 Å². The summed E-state index contributed by atoms with van der Waals surface area (Å²) in [5.41, 5.74) is 1.71. The van der Waals surface area contributed by atoms with Gasteiger partial charge in [-0.05, 0) is 30.2 Å². The van der Waals surface area contributed by atoms with Crippen LogP contribution >= 0.6 is 11.6 Å². The van der Waals surface area contributed by atoms with Gasteiger partial charge < -0.3 is 14.6 Å². The Morgan fingerprint density at radius 3 is 2.69 bits per heavy atom. The molecule has 0 radical (unpaired) electrons. The summed E-state index contributed by atoms with van der Waals surface area (Å²) in [6, 6.07) is 12.5. The summed E-state index contributed by atoms with van der Waals surface area (Å²) in [7, 11) is 1.41. The van der Waals surface area contributed by atoms with Crippen LogP contribution in [0.4, 0.5) is 16.0 Å². The van der Waals surface area contributed by atoms with Gasteiger partial charge in [0.2, 0.25) is 11.7 Å². The van der Waals surface area contributed by atoms with Crippen LogP contribution in [0, 0.1) is 12.7 Å². The van der Waals surface area contributed by atoms with Crippen LogP contribution < -0.4 is 15.6 Å². The van der Waals surface area contributed by atoms with Gasteiger partial charge in [0.15, 0.2) is 0 Å². The highest BCUT2D eigenvalue weighted by Gasteiger charge is 2.12. The van der Waals surface area contributed by atoms with Crippen LogP contribution in [0.25, 0.3) is 0 Å². The zero-order chi connectivity index (χ0) is 18.7. The van der Waals surface area contributed by atoms with E-state index in [1.165, 1.54) is 19.2 Å². The molecule has 0 bridgehead atoms. The molecule has 2 aromatic carbocycles. The Balaban J connectivity index is 2.04. The van der Waals surface area contributed by atoms with Crippen molar-refractivity contribution in [2.45, 2.75) is 13.5 Å². The van der Waals surface area contributed by atoms with Crippen molar-refractivity contribution in [2.24, 2.45) is 0 Å². The fourth-order valence-electron chi connectivity index (χ4n) is 2.52. The van der Waals surface area contributed by atoms with Crippen LogP contribution in [0.3, 0.4) is 0 Å². The molecule has 0 atom stereocenters. The number of hydrogen-bond acceptors (Lipinski definition) is 4. The van der Waals surface area contributed by atoms with Gasteiger partial charge >= 0.3 is 5.56 Å². The Morgan fingerprint density at radius 1 is 1.27 bits per heavy atom. The second-order valence-corrected chi connectivity index (χ2v) is 6.16. The number of aromatic nitrogens is 2. The first-order valence-electron chi connectivity index (χ1n) is 7.90. The van der Waals surface area contributed by atoms with Crippen LogP contribution in [0.1, 0.15) is 11.1 Å². The second-order valence-electron chi connectivity index (χ2n) is 5.76. The topological polar surface area (TPSA) is 56.1 Å². The third-order valence-corrected chi connectivity index (χ3v) is 4.18. The Morgan fingerprint density at radius 2 is 2.00 bits per heavy atom. The van der Waals surface area contributed by atoms with E-state index in [0.717, 1.165) is 11.1 Å². The minimum Gasteiger partial charge on any atom is -0.490 e. The molecule has 3 rings (SSSR count). The van der Waals surface area contributed by atoms with Crippen molar-refractivity contribution < 1.29 is 9.13 Å². The number of halogens is 2. The molecular weight excluding hydrogens is 357 g/mol. The zero-order valence-electron chi connectivity index (χ0n) is 14.3. The van der Waals surface area contributed by atoms with Gasteiger partial charge in [-0.25, -0.2) is 4.39 Å². The van der Waals surface area contributed by atoms with Gasteiger partial charge in [0, 0.05) is 5.69 Å². The number of aryl methyl sites for hydroxylation is 1. The summed E-state index contributed by atoms with van der Waals surface area (Å²) in [4.78, 5) is 16.1. The van der Waals surface area contributed by atoms with Crippen LogP contribution in [-0.4, -0.2) is 16.7 Å². The number of nitrogens with zero attached hydrogens (tertiary/aromatic N) is 2. The van der Waals surface area contributed by atoms with Gasteiger partial charge in [-0.3, -0.25) is 4.79 Å². The van der Waals surface area contributed by atoms with Crippen molar-refractivity contribution in [3.63, 3.8) is 0 Å². The quantitative estimate of drug-likeness (QED) is 0.730. The third-order valence-electron chi connectivity index (χ3n) is 3.89. The summed E-state index contributed by atoms with van der Waals surface area (Å²) in [6.45, 7) is 2.25.